The molecule has 1 N–H and O–H groups in total. The van der Waals surface area contributed by atoms with Crippen molar-refractivity contribution >= 4 is 15.9 Å². The van der Waals surface area contributed by atoms with E-state index in [0.29, 0.717) is 0 Å². The minimum atomic E-state index is -0.780. The molecular formula is C5H3BrFNO. The Kier molecular flexibility index (Phi) is 1.66. The highest BCUT2D eigenvalue weighted by atomic mass is 79.9. The van der Waals surface area contributed by atoms with Crippen LogP contribution in [0.4, 0.5) is 4.39 Å². The van der Waals surface area contributed by atoms with Gasteiger partial charge in [-0.3, -0.25) is 4.79 Å². The largest absolute Gasteiger partial charge is 0.327 e. The number of pyridine rings is 1. The predicted octanol–water partition coefficient (Wildman–Crippen LogP) is 1.28. The van der Waals surface area contributed by atoms with Gasteiger partial charge in [-0.25, -0.2) is 0 Å². The number of aromatic nitrogens is 1. The van der Waals surface area contributed by atoms with Crippen molar-refractivity contribution in [2.45, 2.75) is 0 Å². The molecule has 0 atom stereocenters. The number of H-pyrrole nitrogens is 1. The van der Waals surface area contributed by atoms with Crippen molar-refractivity contribution < 1.29 is 4.39 Å². The van der Waals surface area contributed by atoms with Crippen molar-refractivity contribution in [1.29, 1.82) is 0 Å². The lowest BCUT2D eigenvalue weighted by molar-refractivity contribution is 0.601. The Morgan fingerprint density at radius 3 is 2.78 bits per heavy atom. The van der Waals surface area contributed by atoms with Crippen molar-refractivity contribution in [3.63, 3.8) is 0 Å². The average Bonchev–Trinajstić information content (AvgIpc) is 1.83. The molecule has 0 saturated carbocycles. The molecule has 0 radical (unpaired) electrons. The van der Waals surface area contributed by atoms with Crippen LogP contribution in [0.1, 0.15) is 0 Å². The van der Waals surface area contributed by atoms with Crippen LogP contribution in [0.5, 0.6) is 0 Å². The van der Waals surface area contributed by atoms with Gasteiger partial charge >= 0.3 is 0 Å². The summed E-state index contributed by atoms with van der Waals surface area (Å²) in [5.74, 6) is -0.780. The molecule has 0 aliphatic rings. The molecule has 0 fully saturated rings. The number of halogens is 2. The summed E-state index contributed by atoms with van der Waals surface area (Å²) >= 11 is 2.85. The number of aromatic amines is 1. The average molecular weight is 192 g/mol. The Morgan fingerprint density at radius 2 is 2.33 bits per heavy atom. The monoisotopic (exact) mass is 191 g/mol. The van der Waals surface area contributed by atoms with E-state index in [4.69, 9.17) is 0 Å². The molecule has 0 aliphatic carbocycles. The van der Waals surface area contributed by atoms with E-state index in [-0.39, 0.29) is 4.47 Å². The molecular weight excluding hydrogens is 189 g/mol. The molecule has 0 saturated heterocycles. The van der Waals surface area contributed by atoms with Gasteiger partial charge in [0.05, 0.1) is 4.47 Å². The first-order valence-corrected chi connectivity index (χ1v) is 3.04. The third kappa shape index (κ3) is 1.18. The second kappa shape index (κ2) is 2.31. The quantitative estimate of drug-likeness (QED) is 0.659. The summed E-state index contributed by atoms with van der Waals surface area (Å²) in [6, 6.07) is 1.43. The van der Waals surface area contributed by atoms with Crippen LogP contribution in [0.15, 0.2) is 21.5 Å². The lowest BCUT2D eigenvalue weighted by Gasteiger charge is -1.87. The van der Waals surface area contributed by atoms with E-state index >= 15 is 0 Å². The van der Waals surface area contributed by atoms with Gasteiger partial charge in [0, 0.05) is 6.20 Å². The first-order valence-electron chi connectivity index (χ1n) is 2.24. The van der Waals surface area contributed by atoms with Crippen molar-refractivity contribution in [2.24, 2.45) is 0 Å². The van der Waals surface area contributed by atoms with Crippen LogP contribution < -0.4 is 5.56 Å². The second-order valence-corrected chi connectivity index (χ2v) is 2.32. The second-order valence-electron chi connectivity index (χ2n) is 1.47. The highest BCUT2D eigenvalue weighted by Gasteiger charge is 1.99. The summed E-state index contributed by atoms with van der Waals surface area (Å²) in [4.78, 5) is 12.6. The Bertz CT molecular complexity index is 270. The topological polar surface area (TPSA) is 32.9 Å². The van der Waals surface area contributed by atoms with Gasteiger partial charge < -0.3 is 4.98 Å². The van der Waals surface area contributed by atoms with Gasteiger partial charge in [-0.05, 0) is 22.0 Å². The molecule has 0 amide bonds. The van der Waals surface area contributed by atoms with E-state index < -0.39 is 11.4 Å². The smallest absolute Gasteiger partial charge is 0.285 e. The molecule has 0 aromatic carbocycles. The number of rotatable bonds is 0. The summed E-state index contributed by atoms with van der Waals surface area (Å²) in [6.07, 6.45) is 1.37. The molecule has 0 aliphatic heterocycles. The van der Waals surface area contributed by atoms with Gasteiger partial charge in [-0.15, -0.1) is 0 Å². The third-order valence-electron chi connectivity index (χ3n) is 0.853. The van der Waals surface area contributed by atoms with Crippen LogP contribution in [-0.4, -0.2) is 4.98 Å². The zero-order valence-corrected chi connectivity index (χ0v) is 5.90. The molecule has 1 aromatic rings. The highest BCUT2D eigenvalue weighted by Crippen LogP contribution is 2.07. The summed E-state index contributed by atoms with van der Waals surface area (Å²) < 4.78 is 12.5. The van der Waals surface area contributed by atoms with Crippen LogP contribution in [0.2, 0.25) is 0 Å². The first-order chi connectivity index (χ1) is 4.22. The summed E-state index contributed by atoms with van der Waals surface area (Å²) in [5.41, 5.74) is -0.704. The fourth-order valence-electron chi connectivity index (χ4n) is 0.436. The molecule has 1 rings (SSSR count). The van der Waals surface area contributed by atoms with Crippen molar-refractivity contribution in [3.8, 4) is 0 Å². The van der Waals surface area contributed by atoms with Crippen LogP contribution >= 0.6 is 15.9 Å². The molecule has 1 heterocycles. The van der Waals surface area contributed by atoms with E-state index in [2.05, 4.69) is 20.9 Å². The summed E-state index contributed by atoms with van der Waals surface area (Å²) in [5, 5.41) is 0. The van der Waals surface area contributed by atoms with E-state index in [0.717, 1.165) is 0 Å². The van der Waals surface area contributed by atoms with E-state index in [1.807, 2.05) is 0 Å². The standard InChI is InChI=1S/C5H3BrFNO/c6-3-1-2-8-5(9)4(3)7/h1-2H,(H,8,9). The maximum atomic E-state index is 12.3. The molecule has 48 valence electrons. The molecule has 9 heavy (non-hydrogen) atoms. The zero-order valence-electron chi connectivity index (χ0n) is 4.32. The SMILES string of the molecule is O=c1[nH]ccc(Br)c1F. The molecule has 0 bridgehead atoms. The van der Waals surface area contributed by atoms with Crippen molar-refractivity contribution in [2.75, 3.05) is 0 Å². The van der Waals surface area contributed by atoms with Crippen LogP contribution in [0.25, 0.3) is 0 Å². The van der Waals surface area contributed by atoms with E-state index in [9.17, 15) is 9.18 Å². The molecule has 0 spiro atoms. The lowest BCUT2D eigenvalue weighted by atomic mass is 10.5. The molecule has 2 nitrogen and oxygen atoms in total. The summed E-state index contributed by atoms with van der Waals surface area (Å²) in [7, 11) is 0. The third-order valence-corrected chi connectivity index (χ3v) is 1.47. The number of hydrogen-bond acceptors (Lipinski definition) is 1. The first kappa shape index (κ1) is 6.48. The predicted molar refractivity (Wildman–Crippen MR) is 34.7 cm³/mol. The van der Waals surface area contributed by atoms with Crippen LogP contribution in [0, 0.1) is 5.82 Å². The van der Waals surface area contributed by atoms with Crippen molar-refractivity contribution in [1.82, 2.24) is 4.98 Å². The summed E-state index contributed by atoms with van der Waals surface area (Å²) in [6.45, 7) is 0. The van der Waals surface area contributed by atoms with Gasteiger partial charge in [0.15, 0.2) is 0 Å². The maximum Gasteiger partial charge on any atom is 0.285 e. The van der Waals surface area contributed by atoms with Gasteiger partial charge in [-0.1, -0.05) is 0 Å². The Labute approximate surface area is 58.8 Å². The number of nitrogens with one attached hydrogen (secondary N) is 1. The minimum absolute atomic E-state index is 0.186. The van der Waals surface area contributed by atoms with Gasteiger partial charge in [0.1, 0.15) is 0 Å². The molecule has 0 unspecified atom stereocenters. The Balaban J connectivity index is 3.43. The lowest BCUT2D eigenvalue weighted by Crippen LogP contribution is -2.09. The van der Waals surface area contributed by atoms with E-state index in [1.54, 1.807) is 0 Å². The molecule has 1 aromatic heterocycles. The fourth-order valence-corrected chi connectivity index (χ4v) is 0.748. The molecule has 4 heteroatoms. The van der Waals surface area contributed by atoms with E-state index in [1.165, 1.54) is 12.3 Å². The number of hydrogen-bond donors (Lipinski definition) is 1. The Hall–Kier alpha value is -0.640. The zero-order chi connectivity index (χ0) is 6.85. The highest BCUT2D eigenvalue weighted by molar-refractivity contribution is 9.10. The minimum Gasteiger partial charge on any atom is -0.327 e. The van der Waals surface area contributed by atoms with Gasteiger partial charge in [-0.2, -0.15) is 4.39 Å². The van der Waals surface area contributed by atoms with Crippen molar-refractivity contribution in [3.05, 3.63) is 32.9 Å². The Morgan fingerprint density at radius 1 is 1.67 bits per heavy atom. The van der Waals surface area contributed by atoms with Gasteiger partial charge in [0.25, 0.3) is 5.56 Å². The maximum absolute atomic E-state index is 12.3. The van der Waals surface area contributed by atoms with Crippen LogP contribution in [0.3, 0.4) is 0 Å². The van der Waals surface area contributed by atoms with Gasteiger partial charge in [0.2, 0.25) is 5.82 Å². The fraction of sp³-hybridized carbons (Fsp3) is 0. The van der Waals surface area contributed by atoms with Crippen LogP contribution in [-0.2, 0) is 0 Å². The normalized spacial score (nSPS) is 9.56.